The number of carbonyl (C=O) groups is 1. The summed E-state index contributed by atoms with van der Waals surface area (Å²) in [5.41, 5.74) is 5.33. The number of nitrogens with zero attached hydrogens (tertiary/aromatic N) is 1. The number of carbonyl (C=O) groups excluding carboxylic acids is 1. The summed E-state index contributed by atoms with van der Waals surface area (Å²) in [5.74, 6) is 0.834. The normalized spacial score (nSPS) is 12.7. The van der Waals surface area contributed by atoms with E-state index in [0.29, 0.717) is 18.6 Å². The molecule has 0 unspecified atom stereocenters. The van der Waals surface area contributed by atoms with Gasteiger partial charge in [0.25, 0.3) is 0 Å². The van der Waals surface area contributed by atoms with Crippen molar-refractivity contribution in [1.29, 1.82) is 0 Å². The van der Waals surface area contributed by atoms with Gasteiger partial charge in [-0.3, -0.25) is 9.89 Å². The molecule has 26 heavy (non-hydrogen) atoms. The van der Waals surface area contributed by atoms with Gasteiger partial charge in [-0.15, -0.1) is 0 Å². The summed E-state index contributed by atoms with van der Waals surface area (Å²) in [5, 5.41) is 8.56. The van der Waals surface area contributed by atoms with E-state index in [1.54, 1.807) is 0 Å². The summed E-state index contributed by atoms with van der Waals surface area (Å²) in [7, 11) is 0. The molecule has 0 bridgehead atoms. The highest BCUT2D eigenvalue weighted by Gasteiger charge is 2.26. The van der Waals surface area contributed by atoms with Gasteiger partial charge in [0.05, 0.1) is 5.52 Å². The fourth-order valence-corrected chi connectivity index (χ4v) is 3.59. The van der Waals surface area contributed by atoms with E-state index in [9.17, 15) is 4.79 Å². The number of fused-ring (bicyclic) bond motifs is 2. The molecule has 1 aromatic heterocycles. The van der Waals surface area contributed by atoms with Gasteiger partial charge in [-0.2, -0.15) is 5.10 Å². The van der Waals surface area contributed by atoms with Crippen LogP contribution in [0.15, 0.2) is 66.7 Å². The highest BCUT2D eigenvalue weighted by atomic mass is 16.5. The van der Waals surface area contributed by atoms with Crippen LogP contribution in [0.1, 0.15) is 21.5 Å². The molecule has 0 saturated heterocycles. The molecule has 126 valence electrons. The first-order valence-electron chi connectivity index (χ1n) is 8.60. The van der Waals surface area contributed by atoms with Crippen molar-refractivity contribution in [2.45, 2.75) is 13.0 Å². The number of ether oxygens (including phenoxy) is 1. The second kappa shape index (κ2) is 5.85. The summed E-state index contributed by atoms with van der Waals surface area (Å²) in [4.78, 5) is 12.8. The minimum atomic E-state index is 0.0932. The van der Waals surface area contributed by atoms with Gasteiger partial charge >= 0.3 is 0 Å². The second-order valence-corrected chi connectivity index (χ2v) is 6.46. The molecule has 0 radical (unpaired) electrons. The molecule has 0 amide bonds. The number of H-pyrrole nitrogens is 1. The predicted octanol–water partition coefficient (Wildman–Crippen LogP) is 4.55. The Labute approximate surface area is 150 Å². The van der Waals surface area contributed by atoms with Crippen LogP contribution in [0.25, 0.3) is 22.2 Å². The molecule has 0 atom stereocenters. The molecule has 4 heteroatoms. The van der Waals surface area contributed by atoms with Crippen molar-refractivity contribution in [1.82, 2.24) is 10.2 Å². The van der Waals surface area contributed by atoms with E-state index < -0.39 is 0 Å². The number of aromatic nitrogens is 2. The Bertz CT molecular complexity index is 1130. The monoisotopic (exact) mass is 340 g/mol. The van der Waals surface area contributed by atoms with E-state index >= 15 is 0 Å². The smallest absolute Gasteiger partial charge is 0.168 e. The van der Waals surface area contributed by atoms with Gasteiger partial charge in [-0.1, -0.05) is 54.6 Å². The maximum Gasteiger partial charge on any atom is 0.168 e. The van der Waals surface area contributed by atoms with Crippen molar-refractivity contribution < 1.29 is 9.53 Å². The molecule has 1 aliphatic rings. The highest BCUT2D eigenvalue weighted by molar-refractivity contribution is 6.11. The summed E-state index contributed by atoms with van der Waals surface area (Å²) >= 11 is 0. The number of aromatic amines is 1. The van der Waals surface area contributed by atoms with Gasteiger partial charge in [0.2, 0.25) is 0 Å². The summed E-state index contributed by atoms with van der Waals surface area (Å²) < 4.78 is 6.09. The topological polar surface area (TPSA) is 55.0 Å². The molecule has 0 aliphatic heterocycles. The van der Waals surface area contributed by atoms with Crippen LogP contribution < -0.4 is 4.74 Å². The van der Waals surface area contributed by atoms with Crippen LogP contribution in [-0.4, -0.2) is 16.0 Å². The van der Waals surface area contributed by atoms with E-state index in [1.807, 2.05) is 66.7 Å². The first kappa shape index (κ1) is 14.9. The molecule has 1 aliphatic carbocycles. The Kier molecular flexibility index (Phi) is 3.35. The zero-order valence-electron chi connectivity index (χ0n) is 14.0. The molecule has 1 N–H and O–H groups in total. The van der Waals surface area contributed by atoms with Gasteiger partial charge in [0.1, 0.15) is 18.1 Å². The van der Waals surface area contributed by atoms with E-state index in [0.717, 1.165) is 39.0 Å². The molecule has 1 heterocycles. The lowest BCUT2D eigenvalue weighted by molar-refractivity contribution is 0.0993. The lowest BCUT2D eigenvalue weighted by Crippen LogP contribution is -2.05. The SMILES string of the molecule is O=C1Cc2c(OCc3ccccc3)ccc3[nH]nc(c23)-c2ccccc21. The van der Waals surface area contributed by atoms with Crippen molar-refractivity contribution in [3.05, 3.63) is 83.4 Å². The molecule has 0 saturated carbocycles. The fraction of sp³-hybridized carbons (Fsp3) is 0.0909. The Morgan fingerprint density at radius 3 is 2.54 bits per heavy atom. The molecule has 4 aromatic rings. The van der Waals surface area contributed by atoms with Crippen LogP contribution in [0.4, 0.5) is 0 Å². The molecule has 5 rings (SSSR count). The van der Waals surface area contributed by atoms with Crippen LogP contribution in [0.2, 0.25) is 0 Å². The highest BCUT2D eigenvalue weighted by Crippen LogP contribution is 2.39. The maximum absolute atomic E-state index is 12.8. The number of nitrogens with one attached hydrogen (secondary N) is 1. The van der Waals surface area contributed by atoms with Crippen LogP contribution in [0.3, 0.4) is 0 Å². The van der Waals surface area contributed by atoms with Crippen LogP contribution in [0.5, 0.6) is 5.75 Å². The third-order valence-electron chi connectivity index (χ3n) is 4.85. The van der Waals surface area contributed by atoms with Gasteiger partial charge < -0.3 is 4.74 Å². The number of benzene rings is 3. The van der Waals surface area contributed by atoms with Crippen LogP contribution in [0, 0.1) is 0 Å². The number of Topliss-reactive ketones (excluding diaryl/α,β-unsaturated/α-hetero) is 1. The van der Waals surface area contributed by atoms with Gasteiger partial charge in [-0.05, 0) is 17.7 Å². The zero-order chi connectivity index (χ0) is 17.5. The summed E-state index contributed by atoms with van der Waals surface area (Å²) in [6.07, 6.45) is 0.311. The summed E-state index contributed by atoms with van der Waals surface area (Å²) in [6, 6.07) is 21.6. The maximum atomic E-state index is 12.8. The number of rotatable bonds is 3. The third kappa shape index (κ3) is 2.30. The molecule has 0 fully saturated rings. The van der Waals surface area contributed by atoms with Gasteiger partial charge in [0, 0.05) is 28.5 Å². The van der Waals surface area contributed by atoms with Crippen molar-refractivity contribution in [3.63, 3.8) is 0 Å². The van der Waals surface area contributed by atoms with Crippen molar-refractivity contribution in [3.8, 4) is 17.0 Å². The van der Waals surface area contributed by atoms with Crippen molar-refractivity contribution in [2.75, 3.05) is 0 Å². The first-order chi connectivity index (χ1) is 12.8. The van der Waals surface area contributed by atoms with Crippen molar-refractivity contribution in [2.24, 2.45) is 0 Å². The average Bonchev–Trinajstić information content (AvgIpc) is 3.07. The minimum Gasteiger partial charge on any atom is -0.489 e. The molecule has 4 nitrogen and oxygen atoms in total. The number of hydrogen-bond acceptors (Lipinski definition) is 3. The first-order valence-corrected chi connectivity index (χ1v) is 8.60. The average molecular weight is 340 g/mol. The Morgan fingerprint density at radius 1 is 0.923 bits per heavy atom. The fourth-order valence-electron chi connectivity index (χ4n) is 3.59. The van der Waals surface area contributed by atoms with E-state index in [4.69, 9.17) is 4.74 Å². The quantitative estimate of drug-likeness (QED) is 0.595. The van der Waals surface area contributed by atoms with E-state index in [1.165, 1.54) is 0 Å². The summed E-state index contributed by atoms with van der Waals surface area (Å²) in [6.45, 7) is 0.466. The molecule has 3 aromatic carbocycles. The van der Waals surface area contributed by atoms with E-state index in [2.05, 4.69) is 10.2 Å². The van der Waals surface area contributed by atoms with E-state index in [-0.39, 0.29) is 5.78 Å². The third-order valence-corrected chi connectivity index (χ3v) is 4.85. The zero-order valence-corrected chi connectivity index (χ0v) is 14.0. The van der Waals surface area contributed by atoms with Crippen molar-refractivity contribution >= 4 is 16.7 Å². The number of hydrogen-bond donors (Lipinski definition) is 1. The van der Waals surface area contributed by atoms with Crippen LogP contribution >= 0.6 is 0 Å². The predicted molar refractivity (Wildman–Crippen MR) is 100 cm³/mol. The Morgan fingerprint density at radius 2 is 1.69 bits per heavy atom. The lowest BCUT2D eigenvalue weighted by atomic mass is 10.0. The van der Waals surface area contributed by atoms with Crippen LogP contribution in [-0.2, 0) is 13.0 Å². The largest absolute Gasteiger partial charge is 0.489 e. The molecular formula is C22H16N2O2. The molecular weight excluding hydrogens is 324 g/mol. The van der Waals surface area contributed by atoms with Gasteiger partial charge in [0.15, 0.2) is 5.78 Å². The molecule has 0 spiro atoms. The lowest BCUT2D eigenvalue weighted by Gasteiger charge is -2.12. The number of ketones is 1. The standard InChI is InChI=1S/C22H16N2O2/c25-19-12-17-20(26-13-14-6-2-1-3-7-14)11-10-18-21(17)22(24-23-18)16-9-5-4-8-15(16)19/h1-11H,12-13H2,(H,23,24). The van der Waals surface area contributed by atoms with Gasteiger partial charge in [-0.25, -0.2) is 0 Å². The second-order valence-electron chi connectivity index (χ2n) is 6.46. The minimum absolute atomic E-state index is 0.0932. The Balaban J connectivity index is 1.64. The Hall–Kier alpha value is -3.40.